The third-order valence-electron chi connectivity index (χ3n) is 2.32. The lowest BCUT2D eigenvalue weighted by Gasteiger charge is -2.03. The van der Waals surface area contributed by atoms with E-state index in [2.05, 4.69) is 58.3 Å². The molecule has 3 heteroatoms. The summed E-state index contributed by atoms with van der Waals surface area (Å²) >= 11 is 5.12. The minimum Gasteiger partial charge on any atom is -0.240 e. The molecule has 2 rings (SSSR count). The number of nitrogens with zero attached hydrogens (tertiary/aromatic N) is 1. The molecule has 1 heterocycles. The van der Waals surface area contributed by atoms with Crippen LogP contribution in [0.5, 0.6) is 0 Å². The van der Waals surface area contributed by atoms with Crippen molar-refractivity contribution in [1.82, 2.24) is 4.98 Å². The summed E-state index contributed by atoms with van der Waals surface area (Å²) in [5.41, 5.74) is 4.92. The van der Waals surface area contributed by atoms with Crippen LogP contribution < -0.4 is 0 Å². The lowest BCUT2D eigenvalue weighted by atomic mass is 10.0. The van der Waals surface area contributed by atoms with Gasteiger partial charge in [0, 0.05) is 10.9 Å². The maximum Gasteiger partial charge on any atom is 0.104 e. The molecular weight excluding hydrogens is 270 g/mol. The summed E-state index contributed by atoms with van der Waals surface area (Å²) in [6.45, 7) is 4.25. The molecule has 15 heavy (non-hydrogen) atoms. The van der Waals surface area contributed by atoms with Crippen LogP contribution in [0.4, 0.5) is 0 Å². The van der Waals surface area contributed by atoms with Crippen LogP contribution in [0, 0.1) is 13.8 Å². The molecule has 0 spiro atoms. The predicted molar refractivity (Wildman–Crippen MR) is 69.7 cm³/mol. The lowest BCUT2D eigenvalue weighted by Crippen LogP contribution is -1.85. The van der Waals surface area contributed by atoms with Gasteiger partial charge in [0.2, 0.25) is 0 Å². The predicted octanol–water partition coefficient (Wildman–Crippen LogP) is 4.32. The van der Waals surface area contributed by atoms with Gasteiger partial charge in [0.05, 0.1) is 11.0 Å². The van der Waals surface area contributed by atoms with Gasteiger partial charge < -0.3 is 0 Å². The van der Waals surface area contributed by atoms with Crippen molar-refractivity contribution < 1.29 is 0 Å². The van der Waals surface area contributed by atoms with Crippen LogP contribution in [0.1, 0.15) is 16.1 Å². The summed E-state index contributed by atoms with van der Waals surface area (Å²) < 4.78 is 0. The molecule has 0 aliphatic heterocycles. The van der Waals surface area contributed by atoms with Gasteiger partial charge in [0.1, 0.15) is 5.01 Å². The molecule has 0 aliphatic carbocycles. The van der Waals surface area contributed by atoms with Crippen molar-refractivity contribution in [3.8, 4) is 11.3 Å². The number of benzene rings is 1. The Balaban J connectivity index is 2.44. The third kappa shape index (κ3) is 2.29. The molecule has 0 radical (unpaired) electrons. The quantitative estimate of drug-likeness (QED) is 0.747. The Kier molecular flexibility index (Phi) is 3.22. The highest BCUT2D eigenvalue weighted by atomic mass is 79.9. The maximum absolute atomic E-state index is 4.56. The van der Waals surface area contributed by atoms with Gasteiger partial charge in [-0.3, -0.25) is 0 Å². The van der Waals surface area contributed by atoms with E-state index in [1.165, 1.54) is 16.7 Å². The van der Waals surface area contributed by atoms with Crippen molar-refractivity contribution in [2.45, 2.75) is 19.2 Å². The normalized spacial score (nSPS) is 10.6. The van der Waals surface area contributed by atoms with Crippen molar-refractivity contribution >= 4 is 27.3 Å². The van der Waals surface area contributed by atoms with Crippen LogP contribution >= 0.6 is 27.3 Å². The topological polar surface area (TPSA) is 12.9 Å². The summed E-state index contributed by atoms with van der Waals surface area (Å²) in [6.07, 6.45) is 0. The van der Waals surface area contributed by atoms with E-state index >= 15 is 0 Å². The van der Waals surface area contributed by atoms with Gasteiger partial charge >= 0.3 is 0 Å². The van der Waals surface area contributed by atoms with Crippen LogP contribution in [0.15, 0.2) is 23.6 Å². The van der Waals surface area contributed by atoms with E-state index in [-0.39, 0.29) is 0 Å². The van der Waals surface area contributed by atoms with E-state index in [1.807, 2.05) is 0 Å². The van der Waals surface area contributed by atoms with Crippen LogP contribution in [0.25, 0.3) is 11.3 Å². The zero-order chi connectivity index (χ0) is 10.8. The fourth-order valence-electron chi connectivity index (χ4n) is 1.60. The SMILES string of the molecule is Cc1ccc(-c2csc(CBr)n2)c(C)c1. The van der Waals surface area contributed by atoms with Crippen LogP contribution in [0.2, 0.25) is 0 Å². The molecule has 78 valence electrons. The number of alkyl halides is 1. The van der Waals surface area contributed by atoms with Gasteiger partial charge in [0.15, 0.2) is 0 Å². The minimum absolute atomic E-state index is 0.836. The Labute approximate surface area is 102 Å². The molecule has 0 atom stereocenters. The van der Waals surface area contributed by atoms with Gasteiger partial charge in [0.25, 0.3) is 0 Å². The highest BCUT2D eigenvalue weighted by Crippen LogP contribution is 2.26. The van der Waals surface area contributed by atoms with Crippen LogP contribution in [-0.4, -0.2) is 4.98 Å². The third-order valence-corrected chi connectivity index (χ3v) is 4.08. The fraction of sp³-hybridized carbons (Fsp3) is 0.250. The Hall–Kier alpha value is -0.670. The van der Waals surface area contributed by atoms with Crippen molar-refractivity contribution in [3.63, 3.8) is 0 Å². The largest absolute Gasteiger partial charge is 0.240 e. The molecule has 0 aliphatic rings. The van der Waals surface area contributed by atoms with Crippen molar-refractivity contribution in [2.75, 3.05) is 0 Å². The van der Waals surface area contributed by atoms with E-state index in [0.717, 1.165) is 16.0 Å². The van der Waals surface area contributed by atoms with Crippen molar-refractivity contribution in [2.24, 2.45) is 0 Å². The zero-order valence-corrected chi connectivity index (χ0v) is 11.2. The molecule has 1 aromatic heterocycles. The number of hydrogen-bond donors (Lipinski definition) is 0. The average molecular weight is 282 g/mol. The molecule has 0 unspecified atom stereocenters. The molecule has 2 aromatic rings. The Morgan fingerprint density at radius 1 is 1.33 bits per heavy atom. The lowest BCUT2D eigenvalue weighted by molar-refractivity contribution is 1.26. The van der Waals surface area contributed by atoms with Gasteiger partial charge in [-0.2, -0.15) is 0 Å². The first-order valence-corrected chi connectivity index (χ1v) is 6.79. The summed E-state index contributed by atoms with van der Waals surface area (Å²) in [5, 5.41) is 4.08. The summed E-state index contributed by atoms with van der Waals surface area (Å²) in [5.74, 6) is 0. The second kappa shape index (κ2) is 4.45. The Morgan fingerprint density at radius 3 is 2.73 bits per heavy atom. The van der Waals surface area contributed by atoms with Gasteiger partial charge in [-0.05, 0) is 19.4 Å². The van der Waals surface area contributed by atoms with Gasteiger partial charge in [-0.15, -0.1) is 11.3 Å². The average Bonchev–Trinajstić information content (AvgIpc) is 2.66. The molecular formula is C12H12BrNS. The standard InChI is InChI=1S/C12H12BrNS/c1-8-3-4-10(9(2)5-8)11-7-15-12(6-13)14-11/h3-5,7H,6H2,1-2H3. The minimum atomic E-state index is 0.836. The van der Waals surface area contributed by atoms with Crippen LogP contribution in [0.3, 0.4) is 0 Å². The molecule has 0 amide bonds. The number of hydrogen-bond acceptors (Lipinski definition) is 2. The maximum atomic E-state index is 4.56. The highest BCUT2D eigenvalue weighted by Gasteiger charge is 2.06. The van der Waals surface area contributed by atoms with E-state index in [9.17, 15) is 0 Å². The van der Waals surface area contributed by atoms with E-state index in [1.54, 1.807) is 11.3 Å². The molecule has 0 saturated carbocycles. The Bertz CT molecular complexity index is 476. The molecule has 0 fully saturated rings. The van der Waals surface area contributed by atoms with Gasteiger partial charge in [-0.1, -0.05) is 39.7 Å². The number of halogens is 1. The molecule has 0 N–H and O–H groups in total. The first-order chi connectivity index (χ1) is 7.20. The number of rotatable bonds is 2. The molecule has 0 saturated heterocycles. The van der Waals surface area contributed by atoms with E-state index < -0.39 is 0 Å². The molecule has 1 nitrogen and oxygen atoms in total. The zero-order valence-electron chi connectivity index (χ0n) is 8.75. The number of thiazole rings is 1. The second-order valence-electron chi connectivity index (χ2n) is 3.58. The Morgan fingerprint density at radius 2 is 2.13 bits per heavy atom. The second-order valence-corrected chi connectivity index (χ2v) is 5.08. The highest BCUT2D eigenvalue weighted by molar-refractivity contribution is 9.08. The van der Waals surface area contributed by atoms with E-state index in [4.69, 9.17) is 0 Å². The monoisotopic (exact) mass is 281 g/mol. The first kappa shape index (κ1) is 10.8. The summed E-state index contributed by atoms with van der Waals surface area (Å²) in [7, 11) is 0. The van der Waals surface area contributed by atoms with Crippen LogP contribution in [-0.2, 0) is 5.33 Å². The summed E-state index contributed by atoms with van der Waals surface area (Å²) in [6, 6.07) is 6.48. The fourth-order valence-corrected chi connectivity index (χ4v) is 2.76. The van der Waals surface area contributed by atoms with E-state index in [0.29, 0.717) is 0 Å². The molecule has 1 aromatic carbocycles. The van der Waals surface area contributed by atoms with Crippen molar-refractivity contribution in [3.05, 3.63) is 39.7 Å². The van der Waals surface area contributed by atoms with Crippen molar-refractivity contribution in [1.29, 1.82) is 0 Å². The molecule has 0 bridgehead atoms. The van der Waals surface area contributed by atoms with Gasteiger partial charge in [-0.25, -0.2) is 4.98 Å². The smallest absolute Gasteiger partial charge is 0.104 e. The number of aryl methyl sites for hydroxylation is 2. The number of aromatic nitrogens is 1. The summed E-state index contributed by atoms with van der Waals surface area (Å²) in [4.78, 5) is 4.56. The first-order valence-electron chi connectivity index (χ1n) is 4.78.